The fourth-order valence-electron chi connectivity index (χ4n) is 3.45. The minimum Gasteiger partial charge on any atom is -0.381 e. The Kier molecular flexibility index (Phi) is 6.63. The minimum atomic E-state index is 0. The molecule has 0 amide bonds. The normalized spacial score (nSPS) is 24.3. The van der Waals surface area contributed by atoms with E-state index in [1.54, 1.807) is 6.33 Å². The van der Waals surface area contributed by atoms with Crippen LogP contribution in [-0.2, 0) is 17.7 Å². The second-order valence-corrected chi connectivity index (χ2v) is 6.24. The van der Waals surface area contributed by atoms with Gasteiger partial charge in [-0.05, 0) is 12.8 Å². The van der Waals surface area contributed by atoms with E-state index in [1.807, 2.05) is 7.05 Å². The SMILES string of the molecule is CCc1nncn1CCNC(=NC)N1CCC2(CCOC2)C1.I. The molecule has 7 nitrogen and oxygen atoms in total. The fraction of sp³-hybridized carbons (Fsp3) is 0.800. The fourth-order valence-corrected chi connectivity index (χ4v) is 3.45. The highest BCUT2D eigenvalue weighted by molar-refractivity contribution is 14.0. The molecule has 1 spiro atoms. The molecular weight excluding hydrogens is 407 g/mol. The van der Waals surface area contributed by atoms with Gasteiger partial charge in [-0.15, -0.1) is 34.2 Å². The van der Waals surface area contributed by atoms with Crippen LogP contribution < -0.4 is 5.32 Å². The molecule has 1 aromatic heterocycles. The van der Waals surface area contributed by atoms with Gasteiger partial charge in [-0.25, -0.2) is 0 Å². The van der Waals surface area contributed by atoms with Crippen molar-refractivity contribution in [3.8, 4) is 0 Å². The monoisotopic (exact) mass is 434 g/mol. The molecule has 2 aliphatic heterocycles. The first kappa shape index (κ1) is 18.4. The molecular formula is C15H27IN6O. The maximum atomic E-state index is 5.60. The quantitative estimate of drug-likeness (QED) is 0.438. The summed E-state index contributed by atoms with van der Waals surface area (Å²) in [6.07, 6.45) is 5.09. The molecule has 1 N–H and O–H groups in total. The molecule has 2 aliphatic rings. The van der Waals surface area contributed by atoms with Crippen LogP contribution in [0.3, 0.4) is 0 Å². The van der Waals surface area contributed by atoms with Crippen molar-refractivity contribution in [3.63, 3.8) is 0 Å². The summed E-state index contributed by atoms with van der Waals surface area (Å²) in [5, 5.41) is 11.5. The van der Waals surface area contributed by atoms with Gasteiger partial charge in [0.05, 0.1) is 6.61 Å². The Morgan fingerprint density at radius 3 is 3.04 bits per heavy atom. The molecule has 130 valence electrons. The molecule has 3 heterocycles. The van der Waals surface area contributed by atoms with Gasteiger partial charge < -0.3 is 19.5 Å². The zero-order valence-corrected chi connectivity index (χ0v) is 16.3. The van der Waals surface area contributed by atoms with Crippen LogP contribution in [0.25, 0.3) is 0 Å². The number of nitrogens with one attached hydrogen (secondary N) is 1. The number of aliphatic imine (C=N–C) groups is 1. The van der Waals surface area contributed by atoms with E-state index in [1.165, 1.54) is 12.8 Å². The van der Waals surface area contributed by atoms with Crippen molar-refractivity contribution in [2.75, 3.05) is 39.9 Å². The van der Waals surface area contributed by atoms with Crippen LogP contribution in [0, 0.1) is 5.41 Å². The molecule has 0 bridgehead atoms. The molecule has 0 radical (unpaired) electrons. The second kappa shape index (κ2) is 8.27. The molecule has 0 saturated carbocycles. The molecule has 0 aliphatic carbocycles. The first-order valence-corrected chi connectivity index (χ1v) is 8.16. The van der Waals surface area contributed by atoms with Crippen LogP contribution in [0.2, 0.25) is 0 Å². The van der Waals surface area contributed by atoms with E-state index in [9.17, 15) is 0 Å². The van der Waals surface area contributed by atoms with E-state index in [0.717, 1.165) is 57.6 Å². The number of aryl methyl sites for hydroxylation is 1. The van der Waals surface area contributed by atoms with Crippen molar-refractivity contribution in [2.45, 2.75) is 32.7 Å². The lowest BCUT2D eigenvalue weighted by Crippen LogP contribution is -2.42. The number of ether oxygens (including phenoxy) is 1. The molecule has 2 fully saturated rings. The topological polar surface area (TPSA) is 67.6 Å². The van der Waals surface area contributed by atoms with Crippen molar-refractivity contribution in [1.82, 2.24) is 25.0 Å². The highest BCUT2D eigenvalue weighted by Crippen LogP contribution is 2.38. The zero-order valence-electron chi connectivity index (χ0n) is 14.0. The number of likely N-dealkylation sites (tertiary alicyclic amines) is 1. The first-order chi connectivity index (χ1) is 10.8. The molecule has 2 saturated heterocycles. The van der Waals surface area contributed by atoms with Gasteiger partial charge in [-0.1, -0.05) is 6.92 Å². The van der Waals surface area contributed by atoms with Crippen molar-refractivity contribution in [3.05, 3.63) is 12.2 Å². The Morgan fingerprint density at radius 2 is 2.35 bits per heavy atom. The number of guanidine groups is 1. The Labute approximate surface area is 154 Å². The van der Waals surface area contributed by atoms with E-state index in [0.29, 0.717) is 5.41 Å². The average molecular weight is 434 g/mol. The lowest BCUT2D eigenvalue weighted by atomic mass is 9.87. The molecule has 1 aromatic rings. The van der Waals surface area contributed by atoms with Crippen LogP contribution in [0.15, 0.2) is 11.3 Å². The third-order valence-corrected chi connectivity index (χ3v) is 4.78. The average Bonchev–Trinajstić information content (AvgIpc) is 3.26. The number of hydrogen-bond donors (Lipinski definition) is 1. The van der Waals surface area contributed by atoms with Gasteiger partial charge in [0, 0.05) is 51.7 Å². The van der Waals surface area contributed by atoms with Crippen LogP contribution in [-0.4, -0.2) is 65.5 Å². The maximum absolute atomic E-state index is 5.60. The Morgan fingerprint density at radius 1 is 1.48 bits per heavy atom. The number of rotatable bonds is 4. The maximum Gasteiger partial charge on any atom is 0.193 e. The summed E-state index contributed by atoms with van der Waals surface area (Å²) in [6.45, 7) is 7.72. The summed E-state index contributed by atoms with van der Waals surface area (Å²) in [4.78, 5) is 6.80. The van der Waals surface area contributed by atoms with Crippen molar-refractivity contribution < 1.29 is 4.74 Å². The standard InChI is InChI=1S/C15H26N6O.HI/c1-3-13-19-18-12-21(13)8-6-17-14(16-2)20-7-4-15(10-20)5-9-22-11-15;/h12H,3-11H2,1-2H3,(H,16,17);1H. The van der Waals surface area contributed by atoms with Crippen LogP contribution >= 0.6 is 24.0 Å². The van der Waals surface area contributed by atoms with E-state index in [2.05, 4.69) is 36.9 Å². The van der Waals surface area contributed by atoms with E-state index >= 15 is 0 Å². The van der Waals surface area contributed by atoms with Crippen molar-refractivity contribution in [2.24, 2.45) is 10.4 Å². The largest absolute Gasteiger partial charge is 0.381 e. The Bertz CT molecular complexity index is 526. The third kappa shape index (κ3) is 4.14. The predicted molar refractivity (Wildman–Crippen MR) is 100 cm³/mol. The van der Waals surface area contributed by atoms with Gasteiger partial charge in [-0.3, -0.25) is 4.99 Å². The lowest BCUT2D eigenvalue weighted by Gasteiger charge is -2.25. The van der Waals surface area contributed by atoms with Crippen molar-refractivity contribution >= 4 is 29.9 Å². The minimum absolute atomic E-state index is 0. The lowest BCUT2D eigenvalue weighted by molar-refractivity contribution is 0.156. The third-order valence-electron chi connectivity index (χ3n) is 4.78. The van der Waals surface area contributed by atoms with Crippen molar-refractivity contribution in [1.29, 1.82) is 0 Å². The predicted octanol–water partition coefficient (Wildman–Crippen LogP) is 1.15. The van der Waals surface area contributed by atoms with Gasteiger partial charge in [0.2, 0.25) is 0 Å². The van der Waals surface area contributed by atoms with E-state index < -0.39 is 0 Å². The summed E-state index contributed by atoms with van der Waals surface area (Å²) >= 11 is 0. The highest BCUT2D eigenvalue weighted by atomic mass is 127. The van der Waals surface area contributed by atoms with Gasteiger partial charge in [0.1, 0.15) is 12.2 Å². The van der Waals surface area contributed by atoms with Gasteiger partial charge in [0.15, 0.2) is 5.96 Å². The number of halogens is 1. The van der Waals surface area contributed by atoms with Gasteiger partial charge in [-0.2, -0.15) is 0 Å². The Hall–Kier alpha value is -0.900. The van der Waals surface area contributed by atoms with Gasteiger partial charge in [0.25, 0.3) is 0 Å². The molecule has 23 heavy (non-hydrogen) atoms. The highest BCUT2D eigenvalue weighted by Gasteiger charge is 2.42. The smallest absolute Gasteiger partial charge is 0.193 e. The molecule has 1 unspecified atom stereocenters. The first-order valence-electron chi connectivity index (χ1n) is 8.16. The summed E-state index contributed by atoms with van der Waals surface area (Å²) < 4.78 is 7.69. The Balaban J connectivity index is 0.00000192. The van der Waals surface area contributed by atoms with E-state index in [4.69, 9.17) is 4.74 Å². The molecule has 0 aromatic carbocycles. The summed E-state index contributed by atoms with van der Waals surface area (Å²) in [6, 6.07) is 0. The molecule has 8 heteroatoms. The molecule has 3 rings (SSSR count). The summed E-state index contributed by atoms with van der Waals surface area (Å²) in [5.41, 5.74) is 0.362. The summed E-state index contributed by atoms with van der Waals surface area (Å²) in [7, 11) is 1.86. The van der Waals surface area contributed by atoms with Crippen LogP contribution in [0.5, 0.6) is 0 Å². The number of nitrogens with zero attached hydrogens (tertiary/aromatic N) is 5. The number of hydrogen-bond acceptors (Lipinski definition) is 4. The number of aromatic nitrogens is 3. The molecule has 1 atom stereocenters. The second-order valence-electron chi connectivity index (χ2n) is 6.24. The summed E-state index contributed by atoms with van der Waals surface area (Å²) in [5.74, 6) is 2.02. The van der Waals surface area contributed by atoms with Gasteiger partial charge >= 0.3 is 0 Å². The van der Waals surface area contributed by atoms with Crippen LogP contribution in [0.4, 0.5) is 0 Å². The van der Waals surface area contributed by atoms with E-state index in [-0.39, 0.29) is 24.0 Å². The van der Waals surface area contributed by atoms with Crippen LogP contribution in [0.1, 0.15) is 25.6 Å². The zero-order chi connectivity index (χ0) is 15.4.